The van der Waals surface area contributed by atoms with Gasteiger partial charge in [0.1, 0.15) is 5.75 Å². The van der Waals surface area contributed by atoms with Crippen molar-refractivity contribution in [2.24, 2.45) is 0 Å². The maximum absolute atomic E-state index is 12.4. The Labute approximate surface area is 164 Å². The van der Waals surface area contributed by atoms with Crippen LogP contribution in [0.1, 0.15) is 35.5 Å². The largest absolute Gasteiger partial charge is 0.494 e. The Morgan fingerprint density at radius 3 is 2.63 bits per heavy atom. The molecule has 2 heterocycles. The number of nitrogens with one attached hydrogen (secondary N) is 1. The second-order valence-electron chi connectivity index (χ2n) is 6.50. The first kappa shape index (κ1) is 19.2. The molecule has 0 spiro atoms. The van der Waals surface area contributed by atoms with Gasteiger partial charge >= 0.3 is 0 Å². The molecular weight excluding hydrogens is 358 g/mol. The van der Waals surface area contributed by atoms with Crippen LogP contribution in [0, 0.1) is 13.8 Å². The predicted octanol–water partition coefficient (Wildman–Crippen LogP) is 3.91. The van der Waals surface area contributed by atoms with Crippen LogP contribution in [0.5, 0.6) is 5.75 Å². The lowest BCUT2D eigenvalue weighted by atomic mass is 10.1. The van der Waals surface area contributed by atoms with E-state index in [1.165, 1.54) is 0 Å². The van der Waals surface area contributed by atoms with Gasteiger partial charge in [-0.2, -0.15) is 16.4 Å². The van der Waals surface area contributed by atoms with E-state index in [1.807, 2.05) is 49.7 Å². The average molecular weight is 384 g/mol. The Bertz CT molecular complexity index is 869. The molecule has 3 aromatic rings. The fraction of sp³-hybridized carbons (Fsp3) is 0.333. The van der Waals surface area contributed by atoms with E-state index in [2.05, 4.69) is 33.3 Å². The third-order valence-corrected chi connectivity index (χ3v) is 5.06. The SMILES string of the molecule is CCOc1ccc(CC(=O)NC[C@@H](c2ccsc2)n2nc(C)cc2C)cc1. The zero-order chi connectivity index (χ0) is 19.2. The van der Waals surface area contributed by atoms with E-state index in [-0.39, 0.29) is 11.9 Å². The number of hydrogen-bond donors (Lipinski definition) is 1. The van der Waals surface area contributed by atoms with Crippen LogP contribution in [0.3, 0.4) is 0 Å². The van der Waals surface area contributed by atoms with Gasteiger partial charge in [0.05, 0.1) is 24.8 Å². The van der Waals surface area contributed by atoms with Crippen molar-refractivity contribution in [1.82, 2.24) is 15.1 Å². The topological polar surface area (TPSA) is 56.1 Å². The third-order valence-electron chi connectivity index (χ3n) is 4.36. The minimum absolute atomic E-state index is 0.000852. The monoisotopic (exact) mass is 383 g/mol. The van der Waals surface area contributed by atoms with Crippen molar-refractivity contribution >= 4 is 17.2 Å². The first-order valence-electron chi connectivity index (χ1n) is 9.10. The van der Waals surface area contributed by atoms with Crippen molar-refractivity contribution in [3.05, 3.63) is 69.7 Å². The Hall–Kier alpha value is -2.60. The second kappa shape index (κ2) is 8.86. The van der Waals surface area contributed by atoms with Gasteiger partial charge in [-0.15, -0.1) is 0 Å². The molecule has 0 radical (unpaired) electrons. The molecule has 0 unspecified atom stereocenters. The van der Waals surface area contributed by atoms with Gasteiger partial charge in [-0.25, -0.2) is 0 Å². The standard InChI is InChI=1S/C21H25N3O2S/c1-4-26-19-7-5-17(6-8-19)12-21(25)22-13-20(18-9-10-27-14-18)24-16(3)11-15(2)23-24/h5-11,14,20H,4,12-13H2,1-3H3,(H,22,25)/t20-/m0/s1. The molecule has 1 amide bonds. The number of ether oxygens (including phenoxy) is 1. The van der Waals surface area contributed by atoms with E-state index in [0.29, 0.717) is 19.6 Å². The summed E-state index contributed by atoms with van der Waals surface area (Å²) in [4.78, 5) is 12.4. The molecule has 6 heteroatoms. The Balaban J connectivity index is 1.65. The summed E-state index contributed by atoms with van der Waals surface area (Å²) >= 11 is 1.65. The number of aryl methyl sites for hydroxylation is 2. The number of carbonyl (C=O) groups excluding carboxylic acids is 1. The lowest BCUT2D eigenvalue weighted by molar-refractivity contribution is -0.120. The number of carbonyl (C=O) groups is 1. The van der Waals surface area contributed by atoms with E-state index in [0.717, 1.165) is 28.3 Å². The molecule has 5 nitrogen and oxygen atoms in total. The van der Waals surface area contributed by atoms with Gasteiger partial charge in [0.2, 0.25) is 5.91 Å². The molecule has 27 heavy (non-hydrogen) atoms. The number of hydrogen-bond acceptors (Lipinski definition) is 4. The zero-order valence-electron chi connectivity index (χ0n) is 15.9. The van der Waals surface area contributed by atoms with E-state index in [1.54, 1.807) is 11.3 Å². The highest BCUT2D eigenvalue weighted by Gasteiger charge is 2.18. The van der Waals surface area contributed by atoms with Crippen molar-refractivity contribution in [2.75, 3.05) is 13.2 Å². The normalized spacial score (nSPS) is 12.0. The van der Waals surface area contributed by atoms with Crippen molar-refractivity contribution in [2.45, 2.75) is 33.2 Å². The molecule has 142 valence electrons. The minimum atomic E-state index is -0.00534. The fourth-order valence-corrected chi connectivity index (χ4v) is 3.81. The van der Waals surface area contributed by atoms with Crippen molar-refractivity contribution in [1.29, 1.82) is 0 Å². The molecule has 0 fully saturated rings. The van der Waals surface area contributed by atoms with Crippen LogP contribution < -0.4 is 10.1 Å². The second-order valence-corrected chi connectivity index (χ2v) is 7.28. The maximum atomic E-state index is 12.4. The van der Waals surface area contributed by atoms with Crippen LogP contribution in [0.15, 0.2) is 47.2 Å². The number of amides is 1. The predicted molar refractivity (Wildman–Crippen MR) is 108 cm³/mol. The summed E-state index contributed by atoms with van der Waals surface area (Å²) in [5, 5.41) is 11.8. The first-order valence-corrected chi connectivity index (χ1v) is 10.0. The van der Waals surface area contributed by atoms with Crippen LogP contribution in [0.25, 0.3) is 0 Å². The minimum Gasteiger partial charge on any atom is -0.494 e. The zero-order valence-corrected chi connectivity index (χ0v) is 16.8. The molecule has 1 atom stereocenters. The van der Waals surface area contributed by atoms with Gasteiger partial charge in [0.25, 0.3) is 0 Å². The molecule has 0 aliphatic rings. The fourth-order valence-electron chi connectivity index (χ4n) is 3.10. The van der Waals surface area contributed by atoms with Crippen LogP contribution in [0.2, 0.25) is 0 Å². The molecule has 3 rings (SSSR count). The highest BCUT2D eigenvalue weighted by atomic mass is 32.1. The highest BCUT2D eigenvalue weighted by Crippen LogP contribution is 2.22. The third kappa shape index (κ3) is 4.98. The van der Waals surface area contributed by atoms with Crippen molar-refractivity contribution in [3.63, 3.8) is 0 Å². The van der Waals surface area contributed by atoms with E-state index in [9.17, 15) is 4.79 Å². The van der Waals surface area contributed by atoms with Gasteiger partial charge in [-0.1, -0.05) is 12.1 Å². The van der Waals surface area contributed by atoms with Gasteiger partial charge in [-0.05, 0) is 66.9 Å². The van der Waals surface area contributed by atoms with Gasteiger partial charge in [0.15, 0.2) is 0 Å². The molecule has 1 N–H and O–H groups in total. The first-order chi connectivity index (χ1) is 13.1. The Kier molecular flexibility index (Phi) is 6.29. The number of rotatable bonds is 8. The van der Waals surface area contributed by atoms with E-state index >= 15 is 0 Å². The summed E-state index contributed by atoms with van der Waals surface area (Å²) in [6, 6.07) is 11.8. The molecule has 0 saturated heterocycles. The quantitative estimate of drug-likeness (QED) is 0.642. The lowest BCUT2D eigenvalue weighted by Gasteiger charge is -2.19. The molecule has 0 aliphatic carbocycles. The molecular formula is C21H25N3O2S. The number of thiophene rings is 1. The van der Waals surface area contributed by atoms with Gasteiger partial charge in [-0.3, -0.25) is 9.48 Å². The van der Waals surface area contributed by atoms with Crippen molar-refractivity contribution < 1.29 is 9.53 Å². The van der Waals surface area contributed by atoms with Crippen LogP contribution in [-0.2, 0) is 11.2 Å². The Morgan fingerprint density at radius 1 is 1.26 bits per heavy atom. The van der Waals surface area contributed by atoms with Crippen LogP contribution >= 0.6 is 11.3 Å². The summed E-state index contributed by atoms with van der Waals surface area (Å²) in [6.45, 7) is 7.12. The van der Waals surface area contributed by atoms with Crippen LogP contribution in [0.4, 0.5) is 0 Å². The molecule has 1 aromatic carbocycles. The van der Waals surface area contributed by atoms with Crippen molar-refractivity contribution in [3.8, 4) is 5.75 Å². The highest BCUT2D eigenvalue weighted by molar-refractivity contribution is 7.07. The number of benzene rings is 1. The Morgan fingerprint density at radius 2 is 2.04 bits per heavy atom. The lowest BCUT2D eigenvalue weighted by Crippen LogP contribution is -2.33. The molecule has 0 saturated carbocycles. The number of nitrogens with zero attached hydrogens (tertiary/aromatic N) is 2. The summed E-state index contributed by atoms with van der Waals surface area (Å²) in [7, 11) is 0. The molecule has 2 aromatic heterocycles. The molecule has 0 bridgehead atoms. The summed E-state index contributed by atoms with van der Waals surface area (Å²) in [6.07, 6.45) is 0.347. The summed E-state index contributed by atoms with van der Waals surface area (Å²) in [5.41, 5.74) is 4.19. The van der Waals surface area contributed by atoms with Gasteiger partial charge < -0.3 is 10.1 Å². The van der Waals surface area contributed by atoms with E-state index in [4.69, 9.17) is 4.74 Å². The summed E-state index contributed by atoms with van der Waals surface area (Å²) in [5.74, 6) is 0.824. The maximum Gasteiger partial charge on any atom is 0.224 e. The smallest absolute Gasteiger partial charge is 0.224 e. The molecule has 0 aliphatic heterocycles. The summed E-state index contributed by atoms with van der Waals surface area (Å²) < 4.78 is 7.43. The van der Waals surface area contributed by atoms with Gasteiger partial charge in [0, 0.05) is 12.2 Å². The van der Waals surface area contributed by atoms with E-state index < -0.39 is 0 Å². The average Bonchev–Trinajstić information content (AvgIpc) is 3.27. The number of aromatic nitrogens is 2. The van der Waals surface area contributed by atoms with Crippen LogP contribution in [-0.4, -0.2) is 28.8 Å².